The molecule has 6 aromatic rings. The molecule has 0 saturated carbocycles. The molecule has 260 valence electrons. The maximum absolute atomic E-state index is 5.65. The molecular formula is C38H39ClN10S2. The molecule has 6 heterocycles. The first kappa shape index (κ1) is 35.9. The first-order chi connectivity index (χ1) is 24.6. The Kier molecular flexibility index (Phi) is 11.2. The van der Waals surface area contributed by atoms with E-state index in [1.54, 1.807) is 11.8 Å². The van der Waals surface area contributed by atoms with Gasteiger partial charge in [0.1, 0.15) is 11.9 Å². The number of H-pyrrole nitrogens is 1. The predicted molar refractivity (Wildman–Crippen MR) is 213 cm³/mol. The molecule has 1 unspecified atom stereocenters. The van der Waals surface area contributed by atoms with Gasteiger partial charge in [-0.2, -0.15) is 0 Å². The molecule has 10 nitrogen and oxygen atoms in total. The van der Waals surface area contributed by atoms with Crippen LogP contribution in [0.5, 0.6) is 0 Å². The summed E-state index contributed by atoms with van der Waals surface area (Å²) in [6.45, 7) is 8.07. The second-order valence-electron chi connectivity index (χ2n) is 12.3. The number of hydrogen-bond acceptors (Lipinski definition) is 8. The van der Waals surface area contributed by atoms with Crippen LogP contribution in [0.3, 0.4) is 0 Å². The van der Waals surface area contributed by atoms with Gasteiger partial charge in [0.25, 0.3) is 0 Å². The van der Waals surface area contributed by atoms with Crippen LogP contribution in [0.1, 0.15) is 30.9 Å². The third-order valence-corrected chi connectivity index (χ3v) is 9.78. The minimum Gasteiger partial charge on any atom is -0.331 e. The minimum absolute atomic E-state index is 0.0254. The van der Waals surface area contributed by atoms with E-state index in [-0.39, 0.29) is 6.04 Å². The Balaban J connectivity index is 0.000000145. The van der Waals surface area contributed by atoms with Crippen molar-refractivity contribution in [3.8, 4) is 22.5 Å². The van der Waals surface area contributed by atoms with Crippen LogP contribution in [-0.4, -0.2) is 62.8 Å². The van der Waals surface area contributed by atoms with Crippen LogP contribution in [0.4, 0.5) is 0 Å². The van der Waals surface area contributed by atoms with Gasteiger partial charge >= 0.3 is 0 Å². The molecule has 2 aliphatic rings. The van der Waals surface area contributed by atoms with E-state index in [0.717, 1.165) is 72.6 Å². The van der Waals surface area contributed by atoms with Crippen molar-refractivity contribution in [2.75, 3.05) is 5.88 Å². The van der Waals surface area contributed by atoms with Gasteiger partial charge in [-0.15, -0.1) is 11.6 Å². The summed E-state index contributed by atoms with van der Waals surface area (Å²) >= 11 is 12.4. The van der Waals surface area contributed by atoms with Crippen LogP contribution in [0.2, 0.25) is 0 Å². The summed E-state index contributed by atoms with van der Waals surface area (Å²) in [5, 5.41) is 0.983. The highest BCUT2D eigenvalue weighted by Gasteiger charge is 2.26. The number of aromatic nitrogens is 7. The molecule has 0 fully saturated rings. The van der Waals surface area contributed by atoms with Gasteiger partial charge in [0, 0.05) is 61.1 Å². The lowest BCUT2D eigenvalue weighted by molar-refractivity contribution is 0.790. The quantitative estimate of drug-likeness (QED) is 0.105. The first-order valence-electron chi connectivity index (χ1n) is 16.4. The molecule has 2 aliphatic heterocycles. The van der Waals surface area contributed by atoms with Crippen LogP contribution in [0, 0.1) is 18.6 Å². The van der Waals surface area contributed by atoms with Crippen molar-refractivity contribution in [2.24, 2.45) is 29.1 Å². The van der Waals surface area contributed by atoms with Crippen LogP contribution >= 0.6 is 35.6 Å². The number of hydrogen-bond donors (Lipinski definition) is 1. The number of fused-ring (bicyclic) bond motifs is 2. The van der Waals surface area contributed by atoms with Crippen LogP contribution in [0.15, 0.2) is 117 Å². The summed E-state index contributed by atoms with van der Waals surface area (Å²) in [4.78, 5) is 29.9. The van der Waals surface area contributed by atoms with E-state index in [2.05, 4.69) is 84.1 Å². The van der Waals surface area contributed by atoms with Crippen molar-refractivity contribution in [1.82, 2.24) is 33.5 Å². The Morgan fingerprint density at radius 1 is 0.843 bits per heavy atom. The fraction of sp³-hybridized carbons (Fsp3) is 0.237. The Labute approximate surface area is 311 Å². The summed E-state index contributed by atoms with van der Waals surface area (Å²) in [6, 6.07) is 22.5. The first-order valence-corrected chi connectivity index (χ1v) is 18.3. The third-order valence-electron chi connectivity index (χ3n) is 8.08. The zero-order valence-corrected chi connectivity index (χ0v) is 31.8. The number of amidine groups is 2. The van der Waals surface area contributed by atoms with Gasteiger partial charge in [-0.25, -0.2) is 24.9 Å². The zero-order valence-electron chi connectivity index (χ0n) is 29.4. The molecule has 51 heavy (non-hydrogen) atoms. The number of rotatable bonds is 6. The lowest BCUT2D eigenvalue weighted by atomic mass is 10.0. The average molecular weight is 735 g/mol. The second-order valence-corrected chi connectivity index (χ2v) is 13.9. The van der Waals surface area contributed by atoms with Crippen molar-refractivity contribution in [1.29, 1.82) is 0 Å². The van der Waals surface area contributed by atoms with Crippen molar-refractivity contribution < 1.29 is 0 Å². The third kappa shape index (κ3) is 8.70. The highest BCUT2D eigenvalue weighted by molar-refractivity contribution is 7.98. The topological polar surface area (TPSA) is 106 Å². The van der Waals surface area contributed by atoms with E-state index in [1.807, 2.05) is 92.5 Å². The number of aliphatic imine (C=N–C) groups is 3. The van der Waals surface area contributed by atoms with Gasteiger partial charge in [0.05, 0.1) is 23.0 Å². The summed E-state index contributed by atoms with van der Waals surface area (Å²) in [5.74, 6) is 3.36. The van der Waals surface area contributed by atoms with Crippen LogP contribution in [-0.2, 0) is 19.8 Å². The number of imidazole rings is 3. The lowest BCUT2D eigenvalue weighted by Gasteiger charge is -2.13. The molecule has 0 aliphatic carbocycles. The normalized spacial score (nSPS) is 14.8. The molecule has 0 radical (unpaired) electrons. The molecule has 0 amide bonds. The van der Waals surface area contributed by atoms with E-state index in [0.29, 0.717) is 11.7 Å². The van der Waals surface area contributed by atoms with E-state index in [1.165, 1.54) is 5.57 Å². The van der Waals surface area contributed by atoms with E-state index < -0.39 is 0 Å². The Morgan fingerprint density at radius 2 is 1.55 bits per heavy atom. The zero-order chi connectivity index (χ0) is 36.1. The van der Waals surface area contributed by atoms with Gasteiger partial charge in [-0.05, 0) is 63.2 Å². The highest BCUT2D eigenvalue weighted by Crippen LogP contribution is 2.26. The highest BCUT2D eigenvalue weighted by atomic mass is 35.5. The summed E-state index contributed by atoms with van der Waals surface area (Å²) in [5.41, 5.74) is 9.67. The molecule has 2 aromatic carbocycles. The van der Waals surface area contributed by atoms with Gasteiger partial charge < -0.3 is 14.1 Å². The average Bonchev–Trinajstić information content (AvgIpc) is 3.91. The fourth-order valence-electron chi connectivity index (χ4n) is 5.62. The number of nitrogens with one attached hydrogen (secondary N) is 1. The molecule has 1 N–H and O–H groups in total. The molecule has 4 aromatic heterocycles. The molecule has 1 atom stereocenters. The summed E-state index contributed by atoms with van der Waals surface area (Å²) < 4.78 is 6.75. The SMILES string of the molecule is CC1=CC(C)=NC2=NC(CCl)=NC12.Cc1cc(C)n2cc(CSc3nc(-c4ccccc4)cn3C)nc2n1.Cn1cc(-c2ccccc2)[nH]c1=S. The maximum Gasteiger partial charge on any atom is 0.234 e. The van der Waals surface area contributed by atoms with Gasteiger partial charge in [-0.3, -0.25) is 9.39 Å². The summed E-state index contributed by atoms with van der Waals surface area (Å²) in [6.07, 6.45) is 8.16. The number of allylic oxidation sites excluding steroid dienone is 1. The van der Waals surface area contributed by atoms with Gasteiger partial charge in [-0.1, -0.05) is 72.4 Å². The Hall–Kier alpha value is -4.91. The predicted octanol–water partition coefficient (Wildman–Crippen LogP) is 8.61. The van der Waals surface area contributed by atoms with Crippen molar-refractivity contribution >= 4 is 58.7 Å². The van der Waals surface area contributed by atoms with Crippen molar-refractivity contribution in [3.05, 3.63) is 119 Å². The second kappa shape index (κ2) is 16.0. The number of alkyl halides is 1. The van der Waals surface area contributed by atoms with Crippen LogP contribution < -0.4 is 0 Å². The molecule has 0 saturated heterocycles. The standard InChI is InChI=1S/C19H19N5S.C10H10N2S.C9H10ClN3/c1-13-9-14(2)24-10-16(21-18(24)20-13)12-25-19-22-17(11-23(19)3)15-7-5-4-6-8-15;1-12-7-9(11-10(12)13)8-5-3-2-4-6-8;1-5-3-6(2)11-9-8(5)12-7(4-10)13-9/h4-11H,12H2,1-3H3;2-7H,1H3,(H,11,13);3,8H,4H2,1-2H3. The number of nitrogens with zero attached hydrogens (tertiary/aromatic N) is 9. The summed E-state index contributed by atoms with van der Waals surface area (Å²) in [7, 11) is 3.96. The molecule has 8 rings (SSSR count). The minimum atomic E-state index is 0.0254. The van der Waals surface area contributed by atoms with Crippen molar-refractivity contribution in [2.45, 2.75) is 44.6 Å². The van der Waals surface area contributed by atoms with Crippen molar-refractivity contribution in [3.63, 3.8) is 0 Å². The number of dihydropyridines is 1. The molecule has 0 spiro atoms. The number of thioether (sulfide) groups is 1. The van der Waals surface area contributed by atoms with E-state index in [4.69, 9.17) is 28.8 Å². The Morgan fingerprint density at radius 3 is 2.22 bits per heavy atom. The lowest BCUT2D eigenvalue weighted by Crippen LogP contribution is -2.20. The number of aryl methyl sites for hydroxylation is 4. The molecule has 13 heteroatoms. The van der Waals surface area contributed by atoms with E-state index in [9.17, 15) is 0 Å². The number of aromatic amines is 1. The molecule has 0 bridgehead atoms. The fourth-order valence-corrected chi connectivity index (χ4v) is 6.74. The number of halogens is 1. The Bertz CT molecular complexity index is 2340. The number of benzene rings is 2. The van der Waals surface area contributed by atoms with Gasteiger partial charge in [0.2, 0.25) is 5.78 Å². The monoisotopic (exact) mass is 734 g/mol. The van der Waals surface area contributed by atoms with E-state index >= 15 is 0 Å². The maximum atomic E-state index is 5.65. The van der Waals surface area contributed by atoms with Crippen LogP contribution in [0.25, 0.3) is 28.3 Å². The molecular weight excluding hydrogens is 696 g/mol. The smallest absolute Gasteiger partial charge is 0.234 e. The largest absolute Gasteiger partial charge is 0.331 e. The van der Waals surface area contributed by atoms with Gasteiger partial charge in [0.15, 0.2) is 15.8 Å².